The molecule has 0 aromatic heterocycles. The highest BCUT2D eigenvalue weighted by Gasteiger charge is 2.35. The number of fused-ring (bicyclic) bond motifs is 1. The molecular weight excluding hydrogens is 356 g/mol. The number of carbonyl (C=O) groups is 2. The Morgan fingerprint density at radius 1 is 1.11 bits per heavy atom. The van der Waals surface area contributed by atoms with Crippen molar-refractivity contribution in [3.63, 3.8) is 0 Å². The number of rotatable bonds is 4. The standard InChI is InChI=1S/C22H24N2O4/c1-14(2)15-4-3-5-18(10-15)24-13-16(11-21(24)25)22(26)23-17-6-7-19-20(12-17)28-9-8-27-19/h3-7,10,12,14,16H,8-9,11,13H2,1-2H3,(H,23,26). The third-order valence-electron chi connectivity index (χ3n) is 5.15. The molecule has 0 radical (unpaired) electrons. The maximum absolute atomic E-state index is 12.7. The predicted octanol–water partition coefficient (Wildman–Crippen LogP) is 3.57. The first-order chi connectivity index (χ1) is 13.5. The maximum Gasteiger partial charge on any atom is 0.229 e. The molecule has 1 atom stereocenters. The second-order valence-corrected chi connectivity index (χ2v) is 7.50. The molecule has 1 N–H and O–H groups in total. The molecule has 0 bridgehead atoms. The number of anilines is 2. The summed E-state index contributed by atoms with van der Waals surface area (Å²) in [5.74, 6) is 1.11. The van der Waals surface area contributed by atoms with Crippen LogP contribution in [0.4, 0.5) is 11.4 Å². The number of amides is 2. The van der Waals surface area contributed by atoms with Gasteiger partial charge in [-0.25, -0.2) is 0 Å². The summed E-state index contributed by atoms with van der Waals surface area (Å²) in [6.45, 7) is 5.64. The molecule has 6 nitrogen and oxygen atoms in total. The number of nitrogens with zero attached hydrogens (tertiary/aromatic N) is 1. The summed E-state index contributed by atoms with van der Waals surface area (Å²) in [7, 11) is 0. The Labute approximate surface area is 164 Å². The van der Waals surface area contributed by atoms with Crippen molar-refractivity contribution >= 4 is 23.2 Å². The summed E-state index contributed by atoms with van der Waals surface area (Å²) in [4.78, 5) is 27.0. The van der Waals surface area contributed by atoms with E-state index in [1.807, 2.05) is 18.2 Å². The van der Waals surface area contributed by atoms with Crippen molar-refractivity contribution in [1.29, 1.82) is 0 Å². The van der Waals surface area contributed by atoms with Crippen LogP contribution < -0.4 is 19.7 Å². The summed E-state index contributed by atoms with van der Waals surface area (Å²) < 4.78 is 11.1. The molecule has 0 spiro atoms. The summed E-state index contributed by atoms with van der Waals surface area (Å²) in [6, 6.07) is 13.3. The molecule has 1 unspecified atom stereocenters. The number of hydrogen-bond acceptors (Lipinski definition) is 4. The van der Waals surface area contributed by atoms with Crippen molar-refractivity contribution in [1.82, 2.24) is 0 Å². The lowest BCUT2D eigenvalue weighted by Gasteiger charge is -2.20. The zero-order valence-corrected chi connectivity index (χ0v) is 16.1. The Morgan fingerprint density at radius 3 is 2.68 bits per heavy atom. The zero-order valence-electron chi connectivity index (χ0n) is 16.1. The molecule has 4 rings (SSSR count). The van der Waals surface area contributed by atoms with Gasteiger partial charge < -0.3 is 19.7 Å². The number of nitrogens with one attached hydrogen (secondary N) is 1. The van der Waals surface area contributed by atoms with E-state index in [4.69, 9.17) is 9.47 Å². The van der Waals surface area contributed by atoms with Crippen LogP contribution in [0.3, 0.4) is 0 Å². The average molecular weight is 380 g/mol. The number of hydrogen-bond donors (Lipinski definition) is 1. The SMILES string of the molecule is CC(C)c1cccc(N2CC(C(=O)Nc3ccc4c(c3)OCCO4)CC2=O)c1. The molecule has 0 saturated carbocycles. The molecule has 146 valence electrons. The monoisotopic (exact) mass is 380 g/mol. The lowest BCUT2D eigenvalue weighted by atomic mass is 10.0. The highest BCUT2D eigenvalue weighted by Crippen LogP contribution is 2.33. The molecule has 6 heteroatoms. The third kappa shape index (κ3) is 3.67. The predicted molar refractivity (Wildman–Crippen MR) is 107 cm³/mol. The highest BCUT2D eigenvalue weighted by atomic mass is 16.6. The second-order valence-electron chi connectivity index (χ2n) is 7.50. The van der Waals surface area contributed by atoms with Crippen LogP contribution in [-0.2, 0) is 9.59 Å². The van der Waals surface area contributed by atoms with E-state index in [9.17, 15) is 9.59 Å². The van der Waals surface area contributed by atoms with Gasteiger partial charge in [0.15, 0.2) is 11.5 Å². The van der Waals surface area contributed by atoms with Gasteiger partial charge >= 0.3 is 0 Å². The summed E-state index contributed by atoms with van der Waals surface area (Å²) in [5, 5.41) is 2.90. The fourth-order valence-corrected chi connectivity index (χ4v) is 3.55. The highest BCUT2D eigenvalue weighted by molar-refractivity contribution is 6.03. The first-order valence-electron chi connectivity index (χ1n) is 9.62. The summed E-state index contributed by atoms with van der Waals surface area (Å²) >= 11 is 0. The fraction of sp³-hybridized carbons (Fsp3) is 0.364. The molecule has 2 aliphatic rings. The Hall–Kier alpha value is -3.02. The molecule has 2 aliphatic heterocycles. The van der Waals surface area contributed by atoms with Gasteiger partial charge in [-0.1, -0.05) is 26.0 Å². The number of benzene rings is 2. The first-order valence-corrected chi connectivity index (χ1v) is 9.62. The number of carbonyl (C=O) groups excluding carboxylic acids is 2. The van der Waals surface area contributed by atoms with E-state index in [1.165, 1.54) is 5.56 Å². The van der Waals surface area contributed by atoms with Gasteiger partial charge in [0.05, 0.1) is 5.92 Å². The Balaban J connectivity index is 1.45. The van der Waals surface area contributed by atoms with Crippen LogP contribution in [-0.4, -0.2) is 31.6 Å². The van der Waals surface area contributed by atoms with Gasteiger partial charge in [-0.05, 0) is 35.7 Å². The van der Waals surface area contributed by atoms with Crippen molar-refractivity contribution in [2.45, 2.75) is 26.2 Å². The lowest BCUT2D eigenvalue weighted by Crippen LogP contribution is -2.28. The largest absolute Gasteiger partial charge is 0.486 e. The van der Waals surface area contributed by atoms with E-state index < -0.39 is 0 Å². The van der Waals surface area contributed by atoms with E-state index in [-0.39, 0.29) is 24.2 Å². The van der Waals surface area contributed by atoms with Gasteiger partial charge in [0.1, 0.15) is 13.2 Å². The Morgan fingerprint density at radius 2 is 1.89 bits per heavy atom. The van der Waals surface area contributed by atoms with Crippen LogP contribution in [0.25, 0.3) is 0 Å². The molecule has 1 saturated heterocycles. The van der Waals surface area contributed by atoms with Crippen LogP contribution in [0, 0.1) is 5.92 Å². The Bertz CT molecular complexity index is 909. The third-order valence-corrected chi connectivity index (χ3v) is 5.15. The van der Waals surface area contributed by atoms with E-state index in [0.29, 0.717) is 42.9 Å². The van der Waals surface area contributed by atoms with Crippen molar-refractivity contribution in [3.8, 4) is 11.5 Å². The lowest BCUT2D eigenvalue weighted by molar-refractivity contribution is -0.122. The molecule has 0 aliphatic carbocycles. The van der Waals surface area contributed by atoms with E-state index in [0.717, 1.165) is 5.69 Å². The van der Waals surface area contributed by atoms with Crippen LogP contribution in [0.5, 0.6) is 11.5 Å². The van der Waals surface area contributed by atoms with Crippen molar-refractivity contribution in [2.24, 2.45) is 5.92 Å². The minimum atomic E-state index is -0.386. The molecule has 1 fully saturated rings. The van der Waals surface area contributed by atoms with Crippen LogP contribution in [0.1, 0.15) is 31.7 Å². The van der Waals surface area contributed by atoms with Gasteiger partial charge in [-0.2, -0.15) is 0 Å². The molecule has 2 aromatic rings. The molecule has 2 heterocycles. The molecule has 2 amide bonds. The van der Waals surface area contributed by atoms with Gasteiger partial charge in [-0.3, -0.25) is 9.59 Å². The fourth-order valence-electron chi connectivity index (χ4n) is 3.55. The maximum atomic E-state index is 12.7. The first kappa shape index (κ1) is 18.3. The summed E-state index contributed by atoms with van der Waals surface area (Å²) in [5.41, 5.74) is 2.67. The van der Waals surface area contributed by atoms with E-state index >= 15 is 0 Å². The van der Waals surface area contributed by atoms with Gasteiger partial charge in [0, 0.05) is 30.4 Å². The van der Waals surface area contributed by atoms with Crippen LogP contribution >= 0.6 is 0 Å². The van der Waals surface area contributed by atoms with E-state index in [1.54, 1.807) is 23.1 Å². The van der Waals surface area contributed by atoms with Crippen LogP contribution in [0.2, 0.25) is 0 Å². The minimum Gasteiger partial charge on any atom is -0.486 e. The Kier molecular flexibility index (Phi) is 4.94. The van der Waals surface area contributed by atoms with Gasteiger partial charge in [0.25, 0.3) is 0 Å². The smallest absolute Gasteiger partial charge is 0.229 e. The second kappa shape index (κ2) is 7.54. The topological polar surface area (TPSA) is 67.9 Å². The normalized spacial score (nSPS) is 18.5. The van der Waals surface area contributed by atoms with Gasteiger partial charge in [-0.15, -0.1) is 0 Å². The number of ether oxygens (including phenoxy) is 2. The average Bonchev–Trinajstić information content (AvgIpc) is 3.10. The van der Waals surface area contributed by atoms with E-state index in [2.05, 4.69) is 25.2 Å². The van der Waals surface area contributed by atoms with Crippen molar-refractivity contribution in [3.05, 3.63) is 48.0 Å². The van der Waals surface area contributed by atoms with Crippen LogP contribution in [0.15, 0.2) is 42.5 Å². The molecule has 2 aromatic carbocycles. The molecular formula is C22H24N2O4. The van der Waals surface area contributed by atoms with Crippen molar-refractivity contribution < 1.29 is 19.1 Å². The van der Waals surface area contributed by atoms with Gasteiger partial charge in [0.2, 0.25) is 11.8 Å². The quantitative estimate of drug-likeness (QED) is 0.880. The zero-order chi connectivity index (χ0) is 19.7. The molecule has 28 heavy (non-hydrogen) atoms. The van der Waals surface area contributed by atoms with Crippen molar-refractivity contribution in [2.75, 3.05) is 30.0 Å². The summed E-state index contributed by atoms with van der Waals surface area (Å²) in [6.07, 6.45) is 0.211. The minimum absolute atomic E-state index is 0.0248.